The van der Waals surface area contributed by atoms with Gasteiger partial charge in [-0.2, -0.15) is 0 Å². The molecule has 2 atom stereocenters. The molecule has 1 N–H and O–H groups in total. The van der Waals surface area contributed by atoms with Crippen molar-refractivity contribution in [2.75, 3.05) is 13.2 Å². The molecular formula is C31H35FN2O4. The minimum absolute atomic E-state index is 0.00191. The Kier molecular flexibility index (Phi) is 9.35. The SMILES string of the molecule is CCC(C)NC(=O)C(Cc1ccccc1)N(Cc1ccccc1F)C(=O)CCc1ccc2c(c1)OCCO2. The molecular weight excluding hydrogens is 483 g/mol. The third-order valence-electron chi connectivity index (χ3n) is 6.80. The van der Waals surface area contributed by atoms with Crippen molar-refractivity contribution in [3.63, 3.8) is 0 Å². The Balaban J connectivity index is 1.60. The van der Waals surface area contributed by atoms with E-state index in [1.165, 1.54) is 11.0 Å². The highest BCUT2D eigenvalue weighted by molar-refractivity contribution is 5.88. The smallest absolute Gasteiger partial charge is 0.243 e. The number of ether oxygens (including phenoxy) is 2. The molecule has 3 aromatic carbocycles. The molecule has 0 aliphatic carbocycles. The fraction of sp³-hybridized carbons (Fsp3) is 0.355. The molecule has 1 heterocycles. The molecule has 0 spiro atoms. The van der Waals surface area contributed by atoms with Crippen LogP contribution in [0.2, 0.25) is 0 Å². The van der Waals surface area contributed by atoms with E-state index in [1.54, 1.807) is 18.2 Å². The van der Waals surface area contributed by atoms with E-state index in [0.29, 0.717) is 43.1 Å². The van der Waals surface area contributed by atoms with E-state index in [1.807, 2.05) is 62.4 Å². The Morgan fingerprint density at radius 1 is 0.947 bits per heavy atom. The first kappa shape index (κ1) is 27.2. The maximum Gasteiger partial charge on any atom is 0.243 e. The molecule has 6 nitrogen and oxygen atoms in total. The number of amides is 2. The molecule has 7 heteroatoms. The number of carbonyl (C=O) groups is 2. The van der Waals surface area contributed by atoms with Gasteiger partial charge in [-0.3, -0.25) is 9.59 Å². The van der Waals surface area contributed by atoms with E-state index >= 15 is 0 Å². The molecule has 0 saturated carbocycles. The number of nitrogens with zero attached hydrogens (tertiary/aromatic N) is 1. The molecule has 4 rings (SSSR count). The summed E-state index contributed by atoms with van der Waals surface area (Å²) in [6.07, 6.45) is 1.70. The summed E-state index contributed by atoms with van der Waals surface area (Å²) in [5.74, 6) is 0.491. The molecule has 0 radical (unpaired) electrons. The van der Waals surface area contributed by atoms with Crippen molar-refractivity contribution < 1.29 is 23.5 Å². The molecule has 0 aromatic heterocycles. The molecule has 2 amide bonds. The van der Waals surface area contributed by atoms with Crippen molar-refractivity contribution >= 4 is 11.8 Å². The average molecular weight is 519 g/mol. The minimum atomic E-state index is -0.793. The van der Waals surface area contributed by atoms with Crippen LogP contribution < -0.4 is 14.8 Å². The van der Waals surface area contributed by atoms with Crippen LogP contribution in [0.5, 0.6) is 11.5 Å². The van der Waals surface area contributed by atoms with Gasteiger partial charge in [0.1, 0.15) is 25.1 Å². The van der Waals surface area contributed by atoms with Crippen LogP contribution in [0.25, 0.3) is 0 Å². The van der Waals surface area contributed by atoms with Gasteiger partial charge in [0, 0.05) is 31.0 Å². The summed E-state index contributed by atoms with van der Waals surface area (Å²) in [5, 5.41) is 3.04. The van der Waals surface area contributed by atoms with Crippen LogP contribution in [-0.4, -0.2) is 42.0 Å². The first-order valence-corrected chi connectivity index (χ1v) is 13.2. The first-order chi connectivity index (χ1) is 18.4. The standard InChI is InChI=1S/C31H35FN2O4/c1-3-22(2)33-31(36)27(19-23-9-5-4-6-10-23)34(21-25-11-7-8-12-26(25)32)30(35)16-14-24-13-15-28-29(20-24)38-18-17-37-28/h4-13,15,20,22,27H,3,14,16-19,21H2,1-2H3,(H,33,36). The van der Waals surface area contributed by atoms with Crippen molar-refractivity contribution in [3.8, 4) is 11.5 Å². The monoisotopic (exact) mass is 518 g/mol. The quantitative estimate of drug-likeness (QED) is 0.384. The summed E-state index contributed by atoms with van der Waals surface area (Å²) < 4.78 is 26.0. The molecule has 0 bridgehead atoms. The van der Waals surface area contributed by atoms with Crippen LogP contribution in [-0.2, 0) is 29.0 Å². The first-order valence-electron chi connectivity index (χ1n) is 13.2. The summed E-state index contributed by atoms with van der Waals surface area (Å²) in [6.45, 7) is 4.92. The summed E-state index contributed by atoms with van der Waals surface area (Å²) in [7, 11) is 0. The van der Waals surface area contributed by atoms with Gasteiger partial charge < -0.3 is 19.7 Å². The van der Waals surface area contributed by atoms with Gasteiger partial charge in [-0.15, -0.1) is 0 Å². The maximum absolute atomic E-state index is 14.7. The number of hydrogen-bond donors (Lipinski definition) is 1. The van der Waals surface area contributed by atoms with E-state index < -0.39 is 11.9 Å². The number of rotatable bonds is 11. The van der Waals surface area contributed by atoms with Crippen LogP contribution >= 0.6 is 0 Å². The summed E-state index contributed by atoms with van der Waals surface area (Å²) >= 11 is 0. The van der Waals surface area contributed by atoms with Crippen LogP contribution in [0.15, 0.2) is 72.8 Å². The van der Waals surface area contributed by atoms with E-state index in [0.717, 1.165) is 17.5 Å². The van der Waals surface area contributed by atoms with Gasteiger partial charge in [0.2, 0.25) is 11.8 Å². The third-order valence-corrected chi connectivity index (χ3v) is 6.80. The van der Waals surface area contributed by atoms with Gasteiger partial charge in [-0.25, -0.2) is 4.39 Å². The van der Waals surface area contributed by atoms with Crippen molar-refractivity contribution in [3.05, 3.63) is 95.3 Å². The Bertz CT molecular complexity index is 1230. The van der Waals surface area contributed by atoms with Crippen molar-refractivity contribution in [2.24, 2.45) is 0 Å². The van der Waals surface area contributed by atoms with E-state index in [9.17, 15) is 14.0 Å². The van der Waals surface area contributed by atoms with Gasteiger partial charge in [-0.1, -0.05) is 61.5 Å². The lowest BCUT2D eigenvalue weighted by Gasteiger charge is -2.32. The Morgan fingerprint density at radius 3 is 2.39 bits per heavy atom. The predicted octanol–water partition coefficient (Wildman–Crippen LogP) is 5.08. The molecule has 0 fully saturated rings. The van der Waals surface area contributed by atoms with Gasteiger partial charge in [0.05, 0.1) is 0 Å². The zero-order valence-corrected chi connectivity index (χ0v) is 22.0. The molecule has 38 heavy (non-hydrogen) atoms. The van der Waals surface area contributed by atoms with Crippen molar-refractivity contribution in [1.29, 1.82) is 0 Å². The highest BCUT2D eigenvalue weighted by Crippen LogP contribution is 2.31. The second kappa shape index (κ2) is 13.1. The Hall–Kier alpha value is -3.87. The molecule has 3 aromatic rings. The van der Waals surface area contributed by atoms with Crippen molar-refractivity contribution in [2.45, 2.75) is 58.2 Å². The van der Waals surface area contributed by atoms with Crippen LogP contribution in [0, 0.1) is 5.82 Å². The maximum atomic E-state index is 14.7. The number of carbonyl (C=O) groups excluding carboxylic acids is 2. The number of nitrogens with one attached hydrogen (secondary N) is 1. The molecule has 1 aliphatic rings. The number of benzene rings is 3. The van der Waals surface area contributed by atoms with Gasteiger partial charge in [0.25, 0.3) is 0 Å². The Labute approximate surface area is 223 Å². The second-order valence-corrected chi connectivity index (χ2v) is 9.61. The molecule has 1 aliphatic heterocycles. The van der Waals surface area contributed by atoms with Crippen molar-refractivity contribution in [1.82, 2.24) is 10.2 Å². The molecule has 2 unspecified atom stereocenters. The van der Waals surface area contributed by atoms with Crippen LogP contribution in [0.4, 0.5) is 4.39 Å². The fourth-order valence-corrected chi connectivity index (χ4v) is 4.44. The lowest BCUT2D eigenvalue weighted by Crippen LogP contribution is -2.52. The largest absolute Gasteiger partial charge is 0.486 e. The lowest BCUT2D eigenvalue weighted by molar-refractivity contribution is -0.141. The van der Waals surface area contributed by atoms with E-state index in [2.05, 4.69) is 5.32 Å². The van der Waals surface area contributed by atoms with Gasteiger partial charge >= 0.3 is 0 Å². The predicted molar refractivity (Wildman–Crippen MR) is 145 cm³/mol. The third kappa shape index (κ3) is 7.12. The number of hydrogen-bond acceptors (Lipinski definition) is 4. The number of halogens is 1. The fourth-order valence-electron chi connectivity index (χ4n) is 4.44. The minimum Gasteiger partial charge on any atom is -0.486 e. The molecule has 200 valence electrons. The highest BCUT2D eigenvalue weighted by atomic mass is 19.1. The summed E-state index contributed by atoms with van der Waals surface area (Å²) in [4.78, 5) is 28.9. The number of fused-ring (bicyclic) bond motifs is 1. The zero-order chi connectivity index (χ0) is 26.9. The normalized spacial score (nSPS) is 13.9. The zero-order valence-electron chi connectivity index (χ0n) is 22.0. The lowest BCUT2D eigenvalue weighted by atomic mass is 10.0. The van der Waals surface area contributed by atoms with Gasteiger partial charge in [-0.05, 0) is 49.1 Å². The Morgan fingerprint density at radius 2 is 1.66 bits per heavy atom. The van der Waals surface area contributed by atoms with Gasteiger partial charge in [0.15, 0.2) is 11.5 Å². The van der Waals surface area contributed by atoms with Crippen LogP contribution in [0.1, 0.15) is 43.4 Å². The summed E-state index contributed by atoms with van der Waals surface area (Å²) in [6, 6.07) is 20.8. The topological polar surface area (TPSA) is 67.9 Å². The van der Waals surface area contributed by atoms with Crippen LogP contribution in [0.3, 0.4) is 0 Å². The summed E-state index contributed by atoms with van der Waals surface area (Å²) in [5.41, 5.74) is 2.22. The number of aryl methyl sites for hydroxylation is 1. The second-order valence-electron chi connectivity index (χ2n) is 9.61. The highest BCUT2D eigenvalue weighted by Gasteiger charge is 2.31. The van der Waals surface area contributed by atoms with E-state index in [4.69, 9.17) is 9.47 Å². The molecule has 0 saturated heterocycles. The average Bonchev–Trinajstić information content (AvgIpc) is 2.94. The van der Waals surface area contributed by atoms with E-state index in [-0.39, 0.29) is 30.8 Å².